The van der Waals surface area contributed by atoms with E-state index in [0.29, 0.717) is 5.92 Å². The molecule has 4 rings (SSSR count). The van der Waals surface area contributed by atoms with Crippen LogP contribution in [-0.4, -0.2) is 72.1 Å². The van der Waals surface area contributed by atoms with Crippen molar-refractivity contribution in [3.8, 4) is 0 Å². The molecular weight excluding hydrogens is 292 g/mol. The molecule has 1 aliphatic carbocycles. The quantitative estimate of drug-likeness (QED) is 0.765. The first-order valence-corrected chi connectivity index (χ1v) is 8.90. The van der Waals surface area contributed by atoms with Crippen LogP contribution in [0.25, 0.3) is 0 Å². The van der Waals surface area contributed by atoms with Crippen LogP contribution in [-0.2, 0) is 24.1 Å². The Labute approximate surface area is 137 Å². The maximum absolute atomic E-state index is 12.1. The second-order valence-electron chi connectivity index (χ2n) is 7.07. The molecule has 0 atom stereocenters. The van der Waals surface area contributed by atoms with Gasteiger partial charge in [-0.25, -0.2) is 4.68 Å². The number of fused-ring (bicyclic) bond motifs is 1. The molecule has 6 nitrogen and oxygen atoms in total. The van der Waals surface area contributed by atoms with Crippen LogP contribution in [0.5, 0.6) is 0 Å². The SMILES string of the molecule is O=c1cc2c(nn1CC1CN(CCN3CCOCC3)C1)CCC2. The molecule has 0 amide bonds. The van der Waals surface area contributed by atoms with Gasteiger partial charge in [-0.2, -0.15) is 5.10 Å². The molecule has 1 aromatic heterocycles. The Morgan fingerprint density at radius 2 is 1.91 bits per heavy atom. The molecule has 0 unspecified atom stereocenters. The van der Waals surface area contributed by atoms with E-state index in [1.165, 1.54) is 5.56 Å². The van der Waals surface area contributed by atoms with E-state index in [0.717, 1.165) is 84.0 Å². The number of likely N-dealkylation sites (tertiary alicyclic amines) is 1. The molecule has 23 heavy (non-hydrogen) atoms. The van der Waals surface area contributed by atoms with Crippen molar-refractivity contribution < 1.29 is 4.74 Å². The lowest BCUT2D eigenvalue weighted by Crippen LogP contribution is -2.52. The summed E-state index contributed by atoms with van der Waals surface area (Å²) in [6.45, 7) is 9.09. The fraction of sp³-hybridized carbons (Fsp3) is 0.765. The predicted octanol–water partition coefficient (Wildman–Crippen LogP) is -0.00400. The summed E-state index contributed by atoms with van der Waals surface area (Å²) >= 11 is 0. The van der Waals surface area contributed by atoms with Crippen molar-refractivity contribution >= 4 is 0 Å². The van der Waals surface area contributed by atoms with Crippen molar-refractivity contribution in [1.82, 2.24) is 19.6 Å². The maximum Gasteiger partial charge on any atom is 0.267 e. The molecule has 0 spiro atoms. The minimum Gasteiger partial charge on any atom is -0.379 e. The van der Waals surface area contributed by atoms with E-state index >= 15 is 0 Å². The molecule has 0 saturated carbocycles. The van der Waals surface area contributed by atoms with Crippen LogP contribution in [0.4, 0.5) is 0 Å². The fourth-order valence-electron chi connectivity index (χ4n) is 3.90. The van der Waals surface area contributed by atoms with Crippen LogP contribution in [0, 0.1) is 5.92 Å². The maximum atomic E-state index is 12.1. The van der Waals surface area contributed by atoms with Gasteiger partial charge < -0.3 is 9.64 Å². The molecule has 0 aromatic carbocycles. The fourth-order valence-corrected chi connectivity index (χ4v) is 3.90. The first-order chi connectivity index (χ1) is 11.3. The number of aryl methyl sites for hydroxylation is 2. The number of ether oxygens (including phenoxy) is 1. The predicted molar refractivity (Wildman–Crippen MR) is 87.7 cm³/mol. The van der Waals surface area contributed by atoms with Gasteiger partial charge in [0.2, 0.25) is 0 Å². The van der Waals surface area contributed by atoms with Crippen molar-refractivity contribution in [2.24, 2.45) is 5.92 Å². The standard InChI is InChI=1S/C17H26N4O2/c22-17-10-15-2-1-3-16(15)18-21(17)13-14-11-20(12-14)5-4-19-6-8-23-9-7-19/h10,14H,1-9,11-13H2. The second kappa shape index (κ2) is 6.71. The molecule has 2 aliphatic heterocycles. The number of aromatic nitrogens is 2. The Balaban J connectivity index is 1.24. The second-order valence-corrected chi connectivity index (χ2v) is 7.07. The average Bonchev–Trinajstić information content (AvgIpc) is 2.97. The van der Waals surface area contributed by atoms with E-state index in [9.17, 15) is 4.79 Å². The molecule has 3 aliphatic rings. The molecule has 2 fully saturated rings. The summed E-state index contributed by atoms with van der Waals surface area (Å²) in [6, 6.07) is 1.81. The van der Waals surface area contributed by atoms with Crippen molar-refractivity contribution in [3.05, 3.63) is 27.7 Å². The highest BCUT2D eigenvalue weighted by Gasteiger charge is 2.28. The zero-order valence-corrected chi connectivity index (χ0v) is 13.7. The number of rotatable bonds is 5. The van der Waals surface area contributed by atoms with Crippen molar-refractivity contribution in [3.63, 3.8) is 0 Å². The lowest BCUT2D eigenvalue weighted by Gasteiger charge is -2.40. The van der Waals surface area contributed by atoms with Gasteiger partial charge in [-0.05, 0) is 24.8 Å². The van der Waals surface area contributed by atoms with Crippen LogP contribution in [0.3, 0.4) is 0 Å². The van der Waals surface area contributed by atoms with Gasteiger partial charge in [0, 0.05) is 51.3 Å². The van der Waals surface area contributed by atoms with Crippen LogP contribution < -0.4 is 5.56 Å². The summed E-state index contributed by atoms with van der Waals surface area (Å²) in [7, 11) is 0. The van der Waals surface area contributed by atoms with E-state index in [4.69, 9.17) is 4.74 Å². The average molecular weight is 318 g/mol. The van der Waals surface area contributed by atoms with Gasteiger partial charge in [-0.15, -0.1) is 0 Å². The number of hydrogen-bond acceptors (Lipinski definition) is 5. The highest BCUT2D eigenvalue weighted by Crippen LogP contribution is 2.19. The Bertz CT molecular complexity index is 603. The highest BCUT2D eigenvalue weighted by molar-refractivity contribution is 5.22. The molecule has 3 heterocycles. The van der Waals surface area contributed by atoms with E-state index in [2.05, 4.69) is 14.9 Å². The lowest BCUT2D eigenvalue weighted by molar-refractivity contribution is 0.0202. The van der Waals surface area contributed by atoms with Crippen LogP contribution in [0.15, 0.2) is 10.9 Å². The van der Waals surface area contributed by atoms with Gasteiger partial charge in [0.05, 0.1) is 25.5 Å². The monoisotopic (exact) mass is 318 g/mol. The van der Waals surface area contributed by atoms with Crippen LogP contribution in [0.2, 0.25) is 0 Å². The van der Waals surface area contributed by atoms with E-state index < -0.39 is 0 Å². The normalized spacial score (nSPS) is 23.0. The largest absolute Gasteiger partial charge is 0.379 e. The molecule has 126 valence electrons. The molecule has 2 saturated heterocycles. The van der Waals surface area contributed by atoms with E-state index in [1.54, 1.807) is 4.68 Å². The molecule has 0 bridgehead atoms. The first kappa shape index (κ1) is 15.3. The molecule has 1 aromatic rings. The number of morpholine rings is 1. The van der Waals surface area contributed by atoms with E-state index in [1.807, 2.05) is 6.07 Å². The molecule has 6 heteroatoms. The van der Waals surface area contributed by atoms with Crippen molar-refractivity contribution in [1.29, 1.82) is 0 Å². The summed E-state index contributed by atoms with van der Waals surface area (Å²) in [5, 5.41) is 4.58. The minimum absolute atomic E-state index is 0.0809. The third-order valence-corrected chi connectivity index (χ3v) is 5.32. The highest BCUT2D eigenvalue weighted by atomic mass is 16.5. The van der Waals surface area contributed by atoms with Crippen LogP contribution in [0.1, 0.15) is 17.7 Å². The third kappa shape index (κ3) is 3.49. The Morgan fingerprint density at radius 1 is 1.13 bits per heavy atom. The molecule has 0 radical (unpaired) electrons. The zero-order valence-electron chi connectivity index (χ0n) is 13.7. The van der Waals surface area contributed by atoms with Gasteiger partial charge in [0.15, 0.2) is 0 Å². The summed E-state index contributed by atoms with van der Waals surface area (Å²) in [5.74, 6) is 0.573. The first-order valence-electron chi connectivity index (χ1n) is 8.90. The summed E-state index contributed by atoms with van der Waals surface area (Å²) in [4.78, 5) is 17.1. The molecular formula is C17H26N4O2. The van der Waals surface area contributed by atoms with Gasteiger partial charge in [-0.1, -0.05) is 0 Å². The smallest absolute Gasteiger partial charge is 0.267 e. The Morgan fingerprint density at radius 3 is 2.74 bits per heavy atom. The Kier molecular flexibility index (Phi) is 4.46. The number of hydrogen-bond donors (Lipinski definition) is 0. The van der Waals surface area contributed by atoms with Gasteiger partial charge in [0.1, 0.15) is 0 Å². The van der Waals surface area contributed by atoms with Crippen molar-refractivity contribution in [2.75, 3.05) is 52.5 Å². The topological polar surface area (TPSA) is 50.6 Å². The van der Waals surface area contributed by atoms with Gasteiger partial charge in [-0.3, -0.25) is 9.69 Å². The Hall–Kier alpha value is -1.24. The van der Waals surface area contributed by atoms with Gasteiger partial charge in [0.25, 0.3) is 5.56 Å². The summed E-state index contributed by atoms with van der Waals surface area (Å²) < 4.78 is 7.08. The summed E-state index contributed by atoms with van der Waals surface area (Å²) in [5.41, 5.74) is 2.40. The van der Waals surface area contributed by atoms with Crippen molar-refractivity contribution in [2.45, 2.75) is 25.8 Å². The summed E-state index contributed by atoms with van der Waals surface area (Å²) in [6.07, 6.45) is 3.20. The van der Waals surface area contributed by atoms with Crippen LogP contribution >= 0.6 is 0 Å². The minimum atomic E-state index is 0.0809. The van der Waals surface area contributed by atoms with Gasteiger partial charge >= 0.3 is 0 Å². The van der Waals surface area contributed by atoms with E-state index in [-0.39, 0.29) is 5.56 Å². The lowest BCUT2D eigenvalue weighted by atomic mass is 10.0. The third-order valence-electron chi connectivity index (χ3n) is 5.32. The number of nitrogens with zero attached hydrogens (tertiary/aromatic N) is 4. The molecule has 0 N–H and O–H groups in total. The zero-order chi connectivity index (χ0) is 15.6.